The lowest BCUT2D eigenvalue weighted by atomic mass is 10.2. The summed E-state index contributed by atoms with van der Waals surface area (Å²) in [6, 6.07) is 6.92. The van der Waals surface area contributed by atoms with Gasteiger partial charge in [0.2, 0.25) is 0 Å². The number of ether oxygens (including phenoxy) is 3. The Bertz CT molecular complexity index is 471. The third-order valence-corrected chi connectivity index (χ3v) is 5.36. The lowest BCUT2D eigenvalue weighted by Gasteiger charge is -2.30. The number of nitrogens with zero attached hydrogens (tertiary/aromatic N) is 1. The largest absolute Gasteiger partial charge is 0.467 e. The summed E-state index contributed by atoms with van der Waals surface area (Å²) in [4.78, 5) is 2.23. The molecule has 2 rings (SSSR count). The number of benzene rings is 1. The average Bonchev–Trinajstić information content (AvgIpc) is 2.48. The first-order valence-electron chi connectivity index (χ1n) is 7.88. The molecule has 1 aromatic rings. The van der Waals surface area contributed by atoms with Crippen molar-refractivity contribution < 1.29 is 14.2 Å². The van der Waals surface area contributed by atoms with Gasteiger partial charge in [-0.3, -0.25) is 0 Å². The van der Waals surface area contributed by atoms with Crippen molar-refractivity contribution >= 4 is 19.4 Å². The Labute approximate surface area is 134 Å². The van der Waals surface area contributed by atoms with Gasteiger partial charge in [-0.25, -0.2) is 0 Å². The van der Waals surface area contributed by atoms with E-state index in [9.17, 15) is 0 Å². The van der Waals surface area contributed by atoms with Crippen molar-refractivity contribution in [2.75, 3.05) is 50.3 Å². The first kappa shape index (κ1) is 17.1. The maximum Gasteiger partial charge on any atom is 0.189 e. The molecule has 0 aliphatic carbocycles. The van der Waals surface area contributed by atoms with Crippen LogP contribution >= 0.6 is 0 Å². The highest BCUT2D eigenvalue weighted by atomic mass is 28.3. The second kappa shape index (κ2) is 7.85. The third kappa shape index (κ3) is 5.51. The minimum atomic E-state index is -1.04. The average molecular weight is 324 g/mol. The molecule has 0 atom stereocenters. The molecule has 1 aromatic carbocycles. The van der Waals surface area contributed by atoms with Gasteiger partial charge in [0, 0.05) is 33.8 Å². The van der Waals surface area contributed by atoms with Gasteiger partial charge in [0.1, 0.15) is 5.75 Å². The minimum Gasteiger partial charge on any atom is -0.467 e. The molecule has 22 heavy (non-hydrogen) atoms. The van der Waals surface area contributed by atoms with E-state index in [1.165, 1.54) is 0 Å². The topological polar surface area (TPSA) is 57.0 Å². The van der Waals surface area contributed by atoms with Gasteiger partial charge in [-0.15, -0.1) is 0 Å². The number of nitrogens with two attached hydrogens (primary N) is 1. The summed E-state index contributed by atoms with van der Waals surface area (Å²) in [7, 11) is -1.04. The molecule has 0 radical (unpaired) electrons. The monoisotopic (exact) mass is 324 g/mol. The summed E-state index contributed by atoms with van der Waals surface area (Å²) in [6.45, 7) is 11.3. The lowest BCUT2D eigenvalue weighted by Crippen LogP contribution is -2.36. The molecule has 1 aliphatic heterocycles. The summed E-state index contributed by atoms with van der Waals surface area (Å²) in [5.74, 6) is 0.795. The zero-order valence-electron chi connectivity index (χ0n) is 13.9. The van der Waals surface area contributed by atoms with Crippen LogP contribution < -0.4 is 15.4 Å². The number of morpholine rings is 1. The first-order chi connectivity index (χ1) is 10.5. The maximum atomic E-state index is 6.08. The first-order valence-corrected chi connectivity index (χ1v) is 11.6. The van der Waals surface area contributed by atoms with E-state index in [1.54, 1.807) is 0 Å². The molecule has 0 saturated carbocycles. The SMILES string of the molecule is C[Si](C)(C)CCOCOc1ccc(N)c(N2CCOCC2)c1. The van der Waals surface area contributed by atoms with Crippen molar-refractivity contribution in [1.29, 1.82) is 0 Å². The van der Waals surface area contributed by atoms with Crippen molar-refractivity contribution in [3.8, 4) is 5.75 Å². The van der Waals surface area contributed by atoms with Crippen molar-refractivity contribution in [2.45, 2.75) is 25.7 Å². The maximum absolute atomic E-state index is 6.08. The number of rotatable bonds is 7. The Hall–Kier alpha value is -1.24. The molecule has 1 heterocycles. The predicted molar refractivity (Wildman–Crippen MR) is 93.5 cm³/mol. The smallest absolute Gasteiger partial charge is 0.189 e. The van der Waals surface area contributed by atoms with E-state index in [2.05, 4.69) is 24.5 Å². The highest BCUT2D eigenvalue weighted by Gasteiger charge is 2.15. The molecule has 5 nitrogen and oxygen atoms in total. The summed E-state index contributed by atoms with van der Waals surface area (Å²) < 4.78 is 16.6. The van der Waals surface area contributed by atoms with Gasteiger partial charge in [0.25, 0.3) is 0 Å². The summed E-state index contributed by atoms with van der Waals surface area (Å²) in [5.41, 5.74) is 7.87. The minimum absolute atomic E-state index is 0.289. The van der Waals surface area contributed by atoms with E-state index >= 15 is 0 Å². The molecule has 6 heteroatoms. The van der Waals surface area contributed by atoms with Crippen LogP contribution in [0.15, 0.2) is 18.2 Å². The highest BCUT2D eigenvalue weighted by molar-refractivity contribution is 6.76. The second-order valence-electron chi connectivity index (χ2n) is 6.80. The van der Waals surface area contributed by atoms with Crippen LogP contribution in [-0.2, 0) is 9.47 Å². The summed E-state index contributed by atoms with van der Waals surface area (Å²) in [6.07, 6.45) is 0. The number of nitrogen functional groups attached to an aromatic ring is 1. The standard InChI is InChI=1S/C16H28N2O3Si/c1-22(2,3)11-10-20-13-21-14-4-5-15(17)16(12-14)18-6-8-19-9-7-18/h4-5,12H,6-11,13,17H2,1-3H3. The van der Waals surface area contributed by atoms with Gasteiger partial charge in [0.05, 0.1) is 24.6 Å². The van der Waals surface area contributed by atoms with E-state index in [0.29, 0.717) is 0 Å². The summed E-state index contributed by atoms with van der Waals surface area (Å²) in [5, 5.41) is 0. The molecule has 0 aromatic heterocycles. The fourth-order valence-electron chi connectivity index (χ4n) is 2.24. The van der Waals surface area contributed by atoms with E-state index < -0.39 is 8.07 Å². The van der Waals surface area contributed by atoms with Crippen LogP contribution in [0, 0.1) is 0 Å². The van der Waals surface area contributed by atoms with Crippen LogP contribution in [0.1, 0.15) is 0 Å². The number of hydrogen-bond acceptors (Lipinski definition) is 5. The fraction of sp³-hybridized carbons (Fsp3) is 0.625. The summed E-state index contributed by atoms with van der Waals surface area (Å²) >= 11 is 0. The zero-order chi connectivity index (χ0) is 16.0. The van der Waals surface area contributed by atoms with Crippen LogP contribution in [0.25, 0.3) is 0 Å². The molecular formula is C16H28N2O3Si. The van der Waals surface area contributed by atoms with Crippen molar-refractivity contribution in [2.24, 2.45) is 0 Å². The Morgan fingerprint density at radius 2 is 1.95 bits per heavy atom. The van der Waals surface area contributed by atoms with Gasteiger partial charge in [-0.05, 0) is 18.2 Å². The van der Waals surface area contributed by atoms with Gasteiger partial charge in [-0.1, -0.05) is 19.6 Å². The molecule has 1 fully saturated rings. The van der Waals surface area contributed by atoms with E-state index in [0.717, 1.165) is 56.1 Å². The van der Waals surface area contributed by atoms with Gasteiger partial charge < -0.3 is 24.8 Å². The molecular weight excluding hydrogens is 296 g/mol. The Morgan fingerprint density at radius 1 is 1.23 bits per heavy atom. The van der Waals surface area contributed by atoms with Crippen molar-refractivity contribution in [3.63, 3.8) is 0 Å². The third-order valence-electron chi connectivity index (χ3n) is 3.66. The molecule has 0 bridgehead atoms. The molecule has 1 saturated heterocycles. The Balaban J connectivity index is 1.84. The van der Waals surface area contributed by atoms with Crippen LogP contribution in [0.3, 0.4) is 0 Å². The number of hydrogen-bond donors (Lipinski definition) is 1. The highest BCUT2D eigenvalue weighted by Crippen LogP contribution is 2.28. The Morgan fingerprint density at radius 3 is 2.64 bits per heavy atom. The van der Waals surface area contributed by atoms with Crippen molar-refractivity contribution in [3.05, 3.63) is 18.2 Å². The number of anilines is 2. The van der Waals surface area contributed by atoms with Gasteiger partial charge in [-0.2, -0.15) is 0 Å². The quantitative estimate of drug-likeness (QED) is 0.362. The van der Waals surface area contributed by atoms with Gasteiger partial charge in [0.15, 0.2) is 6.79 Å². The molecule has 124 valence electrons. The molecule has 0 spiro atoms. The van der Waals surface area contributed by atoms with E-state index in [1.807, 2.05) is 18.2 Å². The van der Waals surface area contributed by atoms with E-state index in [-0.39, 0.29) is 6.79 Å². The molecule has 0 amide bonds. The molecule has 2 N–H and O–H groups in total. The predicted octanol–water partition coefficient (Wildman–Crippen LogP) is 2.80. The lowest BCUT2D eigenvalue weighted by molar-refractivity contribution is 0.0221. The van der Waals surface area contributed by atoms with Crippen molar-refractivity contribution in [1.82, 2.24) is 0 Å². The van der Waals surface area contributed by atoms with Gasteiger partial charge >= 0.3 is 0 Å². The second-order valence-corrected chi connectivity index (χ2v) is 12.4. The van der Waals surface area contributed by atoms with Crippen LogP contribution in [0.2, 0.25) is 25.7 Å². The van der Waals surface area contributed by atoms with Crippen LogP contribution in [0.4, 0.5) is 11.4 Å². The van der Waals surface area contributed by atoms with Crippen LogP contribution in [0.5, 0.6) is 5.75 Å². The molecule has 1 aliphatic rings. The molecule has 0 unspecified atom stereocenters. The Kier molecular flexibility index (Phi) is 6.11. The normalized spacial score (nSPS) is 15.9. The van der Waals surface area contributed by atoms with Crippen LogP contribution in [-0.4, -0.2) is 47.8 Å². The van der Waals surface area contributed by atoms with E-state index in [4.69, 9.17) is 19.9 Å². The fourth-order valence-corrected chi connectivity index (χ4v) is 3.00. The zero-order valence-corrected chi connectivity index (χ0v) is 14.9.